The van der Waals surface area contributed by atoms with Crippen molar-refractivity contribution in [3.63, 3.8) is 0 Å². The minimum absolute atomic E-state index is 0. The molecule has 0 aliphatic carbocycles. The Kier molecular flexibility index (Phi) is 6.84. The molecular formula is C21H20ClF2N7O2. The number of carbonyl (C=O) groups is 1. The quantitative estimate of drug-likeness (QED) is 0.290. The SMILES string of the molecule is Cc1nc2c(F)cc(-c3nc(Nc4cc(C(=O)NO)ccn4)ncc3F)cc2n1C(C)C.Cl. The van der Waals surface area contributed by atoms with Gasteiger partial charge in [0.05, 0.1) is 11.7 Å². The number of anilines is 2. The van der Waals surface area contributed by atoms with Crippen LogP contribution in [0.25, 0.3) is 22.3 Å². The zero-order valence-corrected chi connectivity index (χ0v) is 18.6. The molecule has 0 saturated carbocycles. The van der Waals surface area contributed by atoms with Crippen LogP contribution in [0.5, 0.6) is 0 Å². The van der Waals surface area contributed by atoms with Crippen LogP contribution in [0.3, 0.4) is 0 Å². The van der Waals surface area contributed by atoms with E-state index < -0.39 is 17.5 Å². The molecular weight excluding hydrogens is 456 g/mol. The van der Waals surface area contributed by atoms with Gasteiger partial charge in [0, 0.05) is 23.4 Å². The standard InChI is InChI=1S/C21H19F2N7O2.ClH/c1-10(2)30-11(3)26-19-14(22)6-13(7-16(19)30)18-15(23)9-25-21(28-18)27-17-8-12(4-5-24-17)20(31)29-32;/h4-10,32H,1-3H3,(H,29,31)(H,24,25,27,28);1H. The fourth-order valence-electron chi connectivity index (χ4n) is 3.51. The summed E-state index contributed by atoms with van der Waals surface area (Å²) in [5.74, 6) is -1.21. The van der Waals surface area contributed by atoms with Crippen molar-refractivity contribution < 1.29 is 18.8 Å². The number of hydroxylamine groups is 1. The van der Waals surface area contributed by atoms with Crippen molar-refractivity contribution in [3.8, 4) is 11.3 Å². The van der Waals surface area contributed by atoms with E-state index in [9.17, 15) is 13.6 Å². The van der Waals surface area contributed by atoms with Crippen molar-refractivity contribution in [2.45, 2.75) is 26.8 Å². The van der Waals surface area contributed by atoms with Gasteiger partial charge >= 0.3 is 0 Å². The largest absolute Gasteiger partial charge is 0.326 e. The van der Waals surface area contributed by atoms with E-state index in [4.69, 9.17) is 5.21 Å². The number of hydrogen-bond acceptors (Lipinski definition) is 7. The highest BCUT2D eigenvalue weighted by molar-refractivity contribution is 5.94. The van der Waals surface area contributed by atoms with Crippen molar-refractivity contribution in [1.29, 1.82) is 0 Å². The summed E-state index contributed by atoms with van der Waals surface area (Å²) in [6, 6.07) is 5.59. The first-order valence-corrected chi connectivity index (χ1v) is 9.67. The second-order valence-corrected chi connectivity index (χ2v) is 7.33. The Hall–Kier alpha value is -3.70. The van der Waals surface area contributed by atoms with Crippen LogP contribution in [-0.4, -0.2) is 35.6 Å². The average molecular weight is 476 g/mol. The fourth-order valence-corrected chi connectivity index (χ4v) is 3.51. The maximum absolute atomic E-state index is 14.8. The van der Waals surface area contributed by atoms with Gasteiger partial charge in [-0.3, -0.25) is 10.0 Å². The van der Waals surface area contributed by atoms with Gasteiger partial charge in [-0.2, -0.15) is 0 Å². The maximum Gasteiger partial charge on any atom is 0.274 e. The molecule has 3 N–H and O–H groups in total. The summed E-state index contributed by atoms with van der Waals surface area (Å²) in [5, 5.41) is 11.5. The average Bonchev–Trinajstić information content (AvgIpc) is 3.11. The fraction of sp³-hybridized carbons (Fsp3) is 0.190. The number of imidazole rings is 1. The first kappa shape index (κ1) is 24.0. The molecule has 0 atom stereocenters. The molecule has 3 aromatic heterocycles. The van der Waals surface area contributed by atoms with Crippen molar-refractivity contribution in [1.82, 2.24) is 30.0 Å². The summed E-state index contributed by atoms with van der Waals surface area (Å²) >= 11 is 0. The molecule has 0 spiro atoms. The number of halogens is 3. The number of aryl methyl sites for hydroxylation is 1. The molecule has 9 nitrogen and oxygen atoms in total. The Morgan fingerprint density at radius 1 is 1.12 bits per heavy atom. The Balaban J connectivity index is 0.00000306. The lowest BCUT2D eigenvalue weighted by molar-refractivity contribution is 0.0706. The summed E-state index contributed by atoms with van der Waals surface area (Å²) in [6.45, 7) is 5.68. The number of pyridine rings is 1. The van der Waals surface area contributed by atoms with Crippen LogP contribution in [-0.2, 0) is 0 Å². The summed E-state index contributed by atoms with van der Waals surface area (Å²) in [5.41, 5.74) is 2.51. The van der Waals surface area contributed by atoms with E-state index in [1.165, 1.54) is 29.9 Å². The van der Waals surface area contributed by atoms with E-state index in [-0.39, 0.29) is 52.6 Å². The highest BCUT2D eigenvalue weighted by atomic mass is 35.5. The predicted octanol–water partition coefficient (Wildman–Crippen LogP) is 4.34. The summed E-state index contributed by atoms with van der Waals surface area (Å²) in [7, 11) is 0. The zero-order chi connectivity index (χ0) is 23.0. The van der Waals surface area contributed by atoms with Crippen LogP contribution in [0.1, 0.15) is 36.1 Å². The number of aromatic nitrogens is 5. The van der Waals surface area contributed by atoms with Gasteiger partial charge in [0.25, 0.3) is 5.91 Å². The van der Waals surface area contributed by atoms with Crippen LogP contribution in [0, 0.1) is 18.6 Å². The number of amides is 1. The molecule has 0 radical (unpaired) electrons. The predicted molar refractivity (Wildman–Crippen MR) is 120 cm³/mol. The van der Waals surface area contributed by atoms with E-state index in [0.717, 1.165) is 6.20 Å². The second-order valence-electron chi connectivity index (χ2n) is 7.33. The molecule has 1 amide bonds. The molecule has 0 saturated heterocycles. The molecule has 0 aliphatic rings. The lowest BCUT2D eigenvalue weighted by Gasteiger charge is -2.12. The Bertz CT molecular complexity index is 1340. The summed E-state index contributed by atoms with van der Waals surface area (Å²) < 4.78 is 31.3. The smallest absolute Gasteiger partial charge is 0.274 e. The van der Waals surface area contributed by atoms with Crippen LogP contribution >= 0.6 is 12.4 Å². The number of nitrogens with zero attached hydrogens (tertiary/aromatic N) is 5. The molecule has 0 fully saturated rings. The topological polar surface area (TPSA) is 118 Å². The van der Waals surface area contributed by atoms with Gasteiger partial charge < -0.3 is 9.88 Å². The van der Waals surface area contributed by atoms with Gasteiger partial charge in [0.15, 0.2) is 11.6 Å². The molecule has 4 rings (SSSR count). The first-order valence-electron chi connectivity index (χ1n) is 9.67. The van der Waals surface area contributed by atoms with E-state index in [0.29, 0.717) is 11.3 Å². The van der Waals surface area contributed by atoms with E-state index in [2.05, 4.69) is 25.3 Å². The van der Waals surface area contributed by atoms with Gasteiger partial charge in [0.2, 0.25) is 5.95 Å². The van der Waals surface area contributed by atoms with E-state index in [1.54, 1.807) is 13.0 Å². The van der Waals surface area contributed by atoms with Crippen LogP contribution in [0.2, 0.25) is 0 Å². The first-order chi connectivity index (χ1) is 15.3. The van der Waals surface area contributed by atoms with E-state index >= 15 is 0 Å². The van der Waals surface area contributed by atoms with Gasteiger partial charge in [-0.25, -0.2) is 34.2 Å². The van der Waals surface area contributed by atoms with Crippen molar-refractivity contribution >= 4 is 41.1 Å². The Morgan fingerprint density at radius 3 is 2.58 bits per heavy atom. The number of benzene rings is 1. The second kappa shape index (κ2) is 9.43. The number of carbonyl (C=O) groups excluding carboxylic acids is 1. The normalized spacial score (nSPS) is 10.9. The van der Waals surface area contributed by atoms with Gasteiger partial charge in [0.1, 0.15) is 22.9 Å². The lowest BCUT2D eigenvalue weighted by Crippen LogP contribution is -2.18. The third-order valence-electron chi connectivity index (χ3n) is 4.82. The van der Waals surface area contributed by atoms with Crippen molar-refractivity contribution in [3.05, 3.63) is 59.7 Å². The summed E-state index contributed by atoms with van der Waals surface area (Å²) in [4.78, 5) is 28.0. The maximum atomic E-state index is 14.8. The van der Waals surface area contributed by atoms with Crippen molar-refractivity contribution in [2.75, 3.05) is 5.32 Å². The highest BCUT2D eigenvalue weighted by Gasteiger charge is 2.18. The molecule has 0 bridgehead atoms. The third-order valence-corrected chi connectivity index (χ3v) is 4.82. The molecule has 1 aromatic carbocycles. The van der Waals surface area contributed by atoms with Crippen LogP contribution in [0.4, 0.5) is 20.5 Å². The Morgan fingerprint density at radius 2 is 1.88 bits per heavy atom. The molecule has 0 aliphatic heterocycles. The third kappa shape index (κ3) is 4.59. The number of nitrogens with one attached hydrogen (secondary N) is 2. The van der Waals surface area contributed by atoms with Crippen molar-refractivity contribution in [2.24, 2.45) is 0 Å². The number of rotatable bonds is 5. The van der Waals surface area contributed by atoms with Crippen LogP contribution in [0.15, 0.2) is 36.7 Å². The minimum Gasteiger partial charge on any atom is -0.326 e. The minimum atomic E-state index is -0.733. The molecule has 33 heavy (non-hydrogen) atoms. The molecule has 3 heterocycles. The van der Waals surface area contributed by atoms with Crippen LogP contribution < -0.4 is 10.8 Å². The van der Waals surface area contributed by atoms with Gasteiger partial charge in [-0.05, 0) is 45.0 Å². The lowest BCUT2D eigenvalue weighted by atomic mass is 10.1. The number of hydrogen-bond donors (Lipinski definition) is 3. The molecule has 0 unspecified atom stereocenters. The monoisotopic (exact) mass is 475 g/mol. The summed E-state index contributed by atoms with van der Waals surface area (Å²) in [6.07, 6.45) is 2.30. The highest BCUT2D eigenvalue weighted by Crippen LogP contribution is 2.30. The molecule has 4 aromatic rings. The Labute approximate surface area is 193 Å². The molecule has 12 heteroatoms. The number of fused-ring (bicyclic) bond motifs is 1. The van der Waals surface area contributed by atoms with Gasteiger partial charge in [-0.1, -0.05) is 0 Å². The van der Waals surface area contributed by atoms with Gasteiger partial charge in [-0.15, -0.1) is 12.4 Å². The molecule has 172 valence electrons. The zero-order valence-electron chi connectivity index (χ0n) is 17.8. The van der Waals surface area contributed by atoms with E-state index in [1.807, 2.05) is 18.4 Å².